The van der Waals surface area contributed by atoms with Crippen LogP contribution in [-0.4, -0.2) is 17.0 Å². The average Bonchev–Trinajstić information content (AvgIpc) is 3.25. The number of carbonyl (C=O) groups excluding carboxylic acids is 1. The predicted molar refractivity (Wildman–Crippen MR) is 111 cm³/mol. The van der Waals surface area contributed by atoms with E-state index in [4.69, 9.17) is 4.42 Å². The van der Waals surface area contributed by atoms with Crippen LogP contribution in [-0.2, 0) is 17.6 Å². The van der Waals surface area contributed by atoms with Gasteiger partial charge in [-0.2, -0.15) is 0 Å². The second kappa shape index (κ2) is 6.78. The average molecular weight is 385 g/mol. The van der Waals surface area contributed by atoms with Crippen LogP contribution in [0.2, 0.25) is 0 Å². The van der Waals surface area contributed by atoms with E-state index in [0.29, 0.717) is 22.6 Å². The van der Waals surface area contributed by atoms with Gasteiger partial charge in [-0.25, -0.2) is 4.79 Å². The highest BCUT2D eigenvalue weighted by Crippen LogP contribution is 2.40. The Hall–Kier alpha value is -3.60. The lowest BCUT2D eigenvalue weighted by atomic mass is 9.91. The number of nitrogens with one attached hydrogen (secondary N) is 1. The van der Waals surface area contributed by atoms with E-state index >= 15 is 0 Å². The molecule has 2 aliphatic rings. The number of furan rings is 1. The van der Waals surface area contributed by atoms with Gasteiger partial charge in [0.1, 0.15) is 11.5 Å². The van der Waals surface area contributed by atoms with Crippen molar-refractivity contribution in [1.29, 1.82) is 0 Å². The molecule has 0 fully saturated rings. The van der Waals surface area contributed by atoms with E-state index in [1.807, 2.05) is 30.3 Å². The van der Waals surface area contributed by atoms with Crippen LogP contribution in [0.4, 0.5) is 5.69 Å². The molecule has 0 radical (unpaired) electrons. The zero-order valence-electron chi connectivity index (χ0n) is 15.7. The fourth-order valence-electron chi connectivity index (χ4n) is 4.21. The van der Waals surface area contributed by atoms with Crippen molar-refractivity contribution in [3.63, 3.8) is 0 Å². The van der Waals surface area contributed by atoms with Gasteiger partial charge in [0.2, 0.25) is 0 Å². The maximum absolute atomic E-state index is 12.6. The molecule has 1 aliphatic heterocycles. The van der Waals surface area contributed by atoms with Crippen molar-refractivity contribution in [2.75, 3.05) is 5.32 Å². The number of carbonyl (C=O) groups is 2. The Kier molecular flexibility index (Phi) is 4.09. The second-order valence-electron chi connectivity index (χ2n) is 7.39. The van der Waals surface area contributed by atoms with E-state index in [0.717, 1.165) is 42.6 Å². The Balaban J connectivity index is 1.69. The van der Waals surface area contributed by atoms with Gasteiger partial charge in [-0.15, -0.1) is 0 Å². The lowest BCUT2D eigenvalue weighted by Crippen LogP contribution is -2.03. The number of amides is 1. The van der Waals surface area contributed by atoms with Crippen molar-refractivity contribution >= 4 is 29.2 Å². The summed E-state index contributed by atoms with van der Waals surface area (Å²) in [5.74, 6) is 0.363. The minimum atomic E-state index is -1.02. The highest BCUT2D eigenvalue weighted by atomic mass is 16.4. The van der Waals surface area contributed by atoms with E-state index in [2.05, 4.69) is 5.32 Å². The van der Waals surface area contributed by atoms with E-state index in [9.17, 15) is 14.7 Å². The van der Waals surface area contributed by atoms with Crippen molar-refractivity contribution in [2.45, 2.75) is 25.7 Å². The van der Waals surface area contributed by atoms with Gasteiger partial charge in [0.05, 0.1) is 11.1 Å². The predicted octanol–water partition coefficient (Wildman–Crippen LogP) is 5.02. The third-order valence-electron chi connectivity index (χ3n) is 5.59. The molecule has 1 amide bonds. The molecule has 5 rings (SSSR count). The first kappa shape index (κ1) is 17.5. The monoisotopic (exact) mass is 385 g/mol. The quantitative estimate of drug-likeness (QED) is 0.621. The largest absolute Gasteiger partial charge is 0.478 e. The minimum absolute atomic E-state index is 0.146. The lowest BCUT2D eigenvalue weighted by molar-refractivity contribution is -0.110. The molecular weight excluding hydrogens is 366 g/mol. The SMILES string of the molecule is O=C1Nc2ccc(C(=O)O)cc2C1=Cc1oc2c(c1-c1ccccc1)CCCC2. The molecule has 0 spiro atoms. The fourth-order valence-corrected chi connectivity index (χ4v) is 4.21. The number of carboxylic acids is 1. The minimum Gasteiger partial charge on any atom is -0.478 e. The maximum atomic E-state index is 12.6. The summed E-state index contributed by atoms with van der Waals surface area (Å²) in [7, 11) is 0. The van der Waals surface area contributed by atoms with Gasteiger partial charge in [-0.1, -0.05) is 30.3 Å². The van der Waals surface area contributed by atoms with Gasteiger partial charge >= 0.3 is 5.97 Å². The molecule has 1 aliphatic carbocycles. The van der Waals surface area contributed by atoms with Crippen molar-refractivity contribution in [3.8, 4) is 11.1 Å². The summed E-state index contributed by atoms with van der Waals surface area (Å²) in [6.45, 7) is 0. The van der Waals surface area contributed by atoms with Crippen molar-refractivity contribution < 1.29 is 19.1 Å². The first-order chi connectivity index (χ1) is 14.1. The molecule has 5 nitrogen and oxygen atoms in total. The molecule has 144 valence electrons. The summed E-state index contributed by atoms with van der Waals surface area (Å²) in [6, 6.07) is 14.7. The first-order valence-electron chi connectivity index (χ1n) is 9.72. The van der Waals surface area contributed by atoms with Crippen LogP contribution >= 0.6 is 0 Å². The Morgan fingerprint density at radius 1 is 1.07 bits per heavy atom. The summed E-state index contributed by atoms with van der Waals surface area (Å²) in [4.78, 5) is 24.0. The van der Waals surface area contributed by atoms with Crippen LogP contribution in [0.5, 0.6) is 0 Å². The summed E-state index contributed by atoms with van der Waals surface area (Å²) >= 11 is 0. The van der Waals surface area contributed by atoms with Gasteiger partial charge in [0.15, 0.2) is 0 Å². The van der Waals surface area contributed by atoms with Crippen LogP contribution < -0.4 is 5.32 Å². The Labute approximate surface area is 167 Å². The number of rotatable bonds is 3. The van der Waals surface area contributed by atoms with Crippen molar-refractivity contribution in [2.24, 2.45) is 0 Å². The number of hydrogen-bond acceptors (Lipinski definition) is 3. The highest BCUT2D eigenvalue weighted by Gasteiger charge is 2.28. The molecule has 2 N–H and O–H groups in total. The number of aryl methyl sites for hydroxylation is 1. The van der Waals surface area contributed by atoms with Crippen LogP contribution in [0.1, 0.15) is 45.8 Å². The summed E-state index contributed by atoms with van der Waals surface area (Å²) < 4.78 is 6.22. The number of anilines is 1. The Bertz CT molecular complexity index is 1170. The molecule has 0 bridgehead atoms. The van der Waals surface area contributed by atoms with Gasteiger partial charge in [-0.3, -0.25) is 4.79 Å². The molecule has 0 saturated heterocycles. The molecule has 2 aromatic carbocycles. The Morgan fingerprint density at radius 2 is 1.86 bits per heavy atom. The first-order valence-corrected chi connectivity index (χ1v) is 9.72. The maximum Gasteiger partial charge on any atom is 0.335 e. The number of aromatic carboxylic acids is 1. The standard InChI is InChI=1S/C24H19NO4/c26-23-18(17-12-15(24(27)28)10-11-19(17)25-23)13-21-22(14-6-2-1-3-7-14)16-8-4-5-9-20(16)29-21/h1-3,6-7,10-13H,4-5,8-9H2,(H,25,26)(H,27,28). The fraction of sp³-hybridized carbons (Fsp3) is 0.167. The molecule has 5 heteroatoms. The smallest absolute Gasteiger partial charge is 0.335 e. The van der Waals surface area contributed by atoms with Gasteiger partial charge < -0.3 is 14.8 Å². The molecule has 0 atom stereocenters. The van der Waals surface area contributed by atoms with Crippen LogP contribution in [0.25, 0.3) is 22.8 Å². The van der Waals surface area contributed by atoms with Gasteiger partial charge in [-0.05, 0) is 49.1 Å². The van der Waals surface area contributed by atoms with E-state index in [1.165, 1.54) is 17.7 Å². The molecule has 0 unspecified atom stereocenters. The van der Waals surface area contributed by atoms with Gasteiger partial charge in [0, 0.05) is 28.8 Å². The van der Waals surface area contributed by atoms with Crippen molar-refractivity contribution in [3.05, 3.63) is 76.7 Å². The number of benzene rings is 2. The number of hydrogen-bond donors (Lipinski definition) is 2. The molecule has 0 saturated carbocycles. The molecule has 1 aromatic heterocycles. The zero-order chi connectivity index (χ0) is 20.0. The van der Waals surface area contributed by atoms with E-state index in [-0.39, 0.29) is 11.5 Å². The highest BCUT2D eigenvalue weighted by molar-refractivity contribution is 6.35. The summed E-state index contributed by atoms with van der Waals surface area (Å²) in [5, 5.41) is 12.1. The summed E-state index contributed by atoms with van der Waals surface area (Å²) in [6.07, 6.45) is 5.82. The van der Waals surface area contributed by atoms with E-state index in [1.54, 1.807) is 12.1 Å². The number of carboxylic acid groups (broad SMARTS) is 1. The van der Waals surface area contributed by atoms with Crippen molar-refractivity contribution in [1.82, 2.24) is 0 Å². The number of fused-ring (bicyclic) bond motifs is 2. The third-order valence-corrected chi connectivity index (χ3v) is 5.59. The Morgan fingerprint density at radius 3 is 2.66 bits per heavy atom. The van der Waals surface area contributed by atoms with Crippen LogP contribution in [0.3, 0.4) is 0 Å². The summed E-state index contributed by atoms with van der Waals surface area (Å²) in [5.41, 5.74) is 5.08. The van der Waals surface area contributed by atoms with Crippen LogP contribution in [0, 0.1) is 0 Å². The van der Waals surface area contributed by atoms with E-state index < -0.39 is 5.97 Å². The molecule has 3 aromatic rings. The third kappa shape index (κ3) is 2.95. The van der Waals surface area contributed by atoms with Gasteiger partial charge in [0.25, 0.3) is 5.91 Å². The topological polar surface area (TPSA) is 79.5 Å². The molecule has 29 heavy (non-hydrogen) atoms. The second-order valence-corrected chi connectivity index (χ2v) is 7.39. The van der Waals surface area contributed by atoms with Crippen LogP contribution in [0.15, 0.2) is 52.9 Å². The normalized spacial score (nSPS) is 16.4. The molecular formula is C24H19NO4. The lowest BCUT2D eigenvalue weighted by Gasteiger charge is -2.11. The zero-order valence-corrected chi connectivity index (χ0v) is 15.7. The molecule has 2 heterocycles.